The van der Waals surface area contributed by atoms with Crippen molar-refractivity contribution >= 4 is 18.3 Å². The molecule has 2 rings (SSSR count). The van der Waals surface area contributed by atoms with Gasteiger partial charge in [-0.05, 0) is 18.2 Å². The van der Waals surface area contributed by atoms with Crippen LogP contribution >= 0.6 is 12.4 Å². The van der Waals surface area contributed by atoms with Gasteiger partial charge in [0.15, 0.2) is 0 Å². The zero-order chi connectivity index (χ0) is 13.5. The Labute approximate surface area is 126 Å². The van der Waals surface area contributed by atoms with Crippen LogP contribution in [0.2, 0.25) is 0 Å². The molecule has 1 amide bonds. The molecule has 0 radical (unpaired) electrons. The summed E-state index contributed by atoms with van der Waals surface area (Å²) >= 11 is 0. The summed E-state index contributed by atoms with van der Waals surface area (Å²) in [6, 6.07) is 7.20. The molecule has 0 unspecified atom stereocenters. The lowest BCUT2D eigenvalue weighted by atomic mass is 10.2. The second-order valence-corrected chi connectivity index (χ2v) is 4.58. The van der Waals surface area contributed by atoms with Crippen molar-refractivity contribution in [3.8, 4) is 5.75 Å². The number of amides is 1. The highest BCUT2D eigenvalue weighted by Crippen LogP contribution is 2.12. The number of hydrogen-bond donors (Lipinski definition) is 2. The van der Waals surface area contributed by atoms with Gasteiger partial charge in [0.05, 0.1) is 7.11 Å². The van der Waals surface area contributed by atoms with E-state index >= 15 is 0 Å². The number of nitrogens with one attached hydrogen (secondary N) is 2. The second kappa shape index (κ2) is 8.79. The van der Waals surface area contributed by atoms with Gasteiger partial charge in [-0.3, -0.25) is 9.69 Å². The highest BCUT2D eigenvalue weighted by molar-refractivity contribution is 5.94. The van der Waals surface area contributed by atoms with Gasteiger partial charge in [-0.1, -0.05) is 6.07 Å². The molecule has 1 heterocycles. The van der Waals surface area contributed by atoms with Crippen LogP contribution in [0.5, 0.6) is 5.75 Å². The van der Waals surface area contributed by atoms with E-state index in [1.54, 1.807) is 19.2 Å². The standard InChI is InChI=1S/C14H21N3O2.ClH/c1-19-13-4-2-3-12(11-13)14(18)16-7-10-17-8-5-15-6-9-17;/h2-4,11,15H,5-10H2,1H3,(H,16,18);1H. The minimum Gasteiger partial charge on any atom is -0.497 e. The van der Waals surface area contributed by atoms with Crippen LogP contribution in [0.15, 0.2) is 24.3 Å². The summed E-state index contributed by atoms with van der Waals surface area (Å²) in [5, 5.41) is 6.25. The smallest absolute Gasteiger partial charge is 0.251 e. The second-order valence-electron chi connectivity index (χ2n) is 4.58. The van der Waals surface area contributed by atoms with E-state index in [-0.39, 0.29) is 18.3 Å². The number of methoxy groups -OCH3 is 1. The highest BCUT2D eigenvalue weighted by Gasteiger charge is 2.10. The van der Waals surface area contributed by atoms with Crippen LogP contribution in [0, 0.1) is 0 Å². The first kappa shape index (κ1) is 16.8. The van der Waals surface area contributed by atoms with Gasteiger partial charge < -0.3 is 15.4 Å². The van der Waals surface area contributed by atoms with Crippen molar-refractivity contribution in [3.05, 3.63) is 29.8 Å². The predicted octanol–water partition coefficient (Wildman–Crippen LogP) is 0.752. The molecule has 0 spiro atoms. The number of nitrogens with zero attached hydrogens (tertiary/aromatic N) is 1. The summed E-state index contributed by atoms with van der Waals surface area (Å²) in [4.78, 5) is 14.3. The maximum absolute atomic E-state index is 12.0. The molecule has 0 atom stereocenters. The third-order valence-electron chi connectivity index (χ3n) is 3.26. The number of carbonyl (C=O) groups is 1. The fourth-order valence-electron chi connectivity index (χ4n) is 2.13. The number of halogens is 1. The average Bonchev–Trinajstić information content (AvgIpc) is 2.48. The van der Waals surface area contributed by atoms with E-state index in [4.69, 9.17) is 4.74 Å². The molecule has 6 heteroatoms. The lowest BCUT2D eigenvalue weighted by Gasteiger charge is -2.27. The maximum Gasteiger partial charge on any atom is 0.251 e. The summed E-state index contributed by atoms with van der Waals surface area (Å²) in [7, 11) is 1.60. The fourth-order valence-corrected chi connectivity index (χ4v) is 2.13. The highest BCUT2D eigenvalue weighted by atomic mass is 35.5. The van der Waals surface area contributed by atoms with Crippen LogP contribution in [-0.2, 0) is 0 Å². The van der Waals surface area contributed by atoms with Crippen LogP contribution in [-0.4, -0.2) is 57.2 Å². The molecule has 1 aromatic rings. The molecular weight excluding hydrogens is 278 g/mol. The minimum atomic E-state index is -0.0472. The molecule has 0 bridgehead atoms. The number of hydrogen-bond acceptors (Lipinski definition) is 4. The van der Waals surface area contributed by atoms with Crippen molar-refractivity contribution in [1.82, 2.24) is 15.5 Å². The predicted molar refractivity (Wildman–Crippen MR) is 81.9 cm³/mol. The fraction of sp³-hybridized carbons (Fsp3) is 0.500. The van der Waals surface area contributed by atoms with Gasteiger partial charge in [-0.25, -0.2) is 0 Å². The van der Waals surface area contributed by atoms with E-state index in [1.807, 2.05) is 12.1 Å². The molecule has 1 aliphatic rings. The van der Waals surface area contributed by atoms with E-state index < -0.39 is 0 Å². The van der Waals surface area contributed by atoms with Crippen molar-refractivity contribution < 1.29 is 9.53 Å². The number of ether oxygens (including phenoxy) is 1. The Kier molecular flexibility index (Phi) is 7.36. The molecule has 20 heavy (non-hydrogen) atoms. The van der Waals surface area contributed by atoms with Crippen molar-refractivity contribution in [2.24, 2.45) is 0 Å². The Morgan fingerprint density at radius 2 is 2.15 bits per heavy atom. The zero-order valence-electron chi connectivity index (χ0n) is 11.7. The number of rotatable bonds is 5. The summed E-state index contributed by atoms with van der Waals surface area (Å²) in [6.45, 7) is 5.74. The van der Waals surface area contributed by atoms with E-state index in [0.717, 1.165) is 32.7 Å². The van der Waals surface area contributed by atoms with Crippen LogP contribution in [0.4, 0.5) is 0 Å². The van der Waals surface area contributed by atoms with Gasteiger partial charge in [-0.2, -0.15) is 0 Å². The number of benzene rings is 1. The first-order valence-electron chi connectivity index (χ1n) is 6.65. The molecule has 1 fully saturated rings. The summed E-state index contributed by atoms with van der Waals surface area (Å²) in [6.07, 6.45) is 0. The van der Waals surface area contributed by atoms with Gasteiger partial charge in [-0.15, -0.1) is 12.4 Å². The van der Waals surface area contributed by atoms with Crippen molar-refractivity contribution in [3.63, 3.8) is 0 Å². The minimum absolute atomic E-state index is 0. The average molecular weight is 300 g/mol. The van der Waals surface area contributed by atoms with Crippen molar-refractivity contribution in [2.75, 3.05) is 46.4 Å². The summed E-state index contributed by atoms with van der Waals surface area (Å²) < 4.78 is 5.11. The molecule has 1 saturated heterocycles. The lowest BCUT2D eigenvalue weighted by molar-refractivity contribution is 0.0947. The first-order chi connectivity index (χ1) is 9.29. The number of carbonyl (C=O) groups excluding carboxylic acids is 1. The summed E-state index contributed by atoms with van der Waals surface area (Å²) in [5.74, 6) is 0.656. The molecule has 0 aliphatic carbocycles. The SMILES string of the molecule is COc1cccc(C(=O)NCCN2CCNCC2)c1.Cl. The summed E-state index contributed by atoms with van der Waals surface area (Å²) in [5.41, 5.74) is 0.639. The van der Waals surface area contributed by atoms with Crippen molar-refractivity contribution in [2.45, 2.75) is 0 Å². The van der Waals surface area contributed by atoms with Crippen LogP contribution in [0.3, 0.4) is 0 Å². The largest absolute Gasteiger partial charge is 0.497 e. The third kappa shape index (κ3) is 5.00. The first-order valence-corrected chi connectivity index (χ1v) is 6.65. The number of piperazine rings is 1. The van der Waals surface area contributed by atoms with Gasteiger partial charge in [0, 0.05) is 44.8 Å². The van der Waals surface area contributed by atoms with E-state index in [9.17, 15) is 4.79 Å². The van der Waals surface area contributed by atoms with Crippen LogP contribution in [0.1, 0.15) is 10.4 Å². The zero-order valence-corrected chi connectivity index (χ0v) is 12.5. The van der Waals surface area contributed by atoms with Crippen molar-refractivity contribution in [1.29, 1.82) is 0 Å². The van der Waals surface area contributed by atoms with Crippen LogP contribution in [0.25, 0.3) is 0 Å². The maximum atomic E-state index is 12.0. The molecule has 0 saturated carbocycles. The molecule has 0 aromatic heterocycles. The Balaban J connectivity index is 0.00000200. The molecule has 1 aromatic carbocycles. The Hall–Kier alpha value is -1.30. The quantitative estimate of drug-likeness (QED) is 0.842. The van der Waals surface area contributed by atoms with E-state index in [1.165, 1.54) is 0 Å². The third-order valence-corrected chi connectivity index (χ3v) is 3.26. The van der Waals surface area contributed by atoms with Gasteiger partial charge in [0.25, 0.3) is 5.91 Å². The monoisotopic (exact) mass is 299 g/mol. The molecular formula is C14H22ClN3O2. The van der Waals surface area contributed by atoms with Crippen LogP contribution < -0.4 is 15.4 Å². The molecule has 112 valence electrons. The Bertz CT molecular complexity index is 423. The van der Waals surface area contributed by atoms with E-state index in [0.29, 0.717) is 17.9 Å². The molecule has 5 nitrogen and oxygen atoms in total. The topological polar surface area (TPSA) is 53.6 Å². The van der Waals surface area contributed by atoms with E-state index in [2.05, 4.69) is 15.5 Å². The van der Waals surface area contributed by atoms with Gasteiger partial charge in [0.2, 0.25) is 0 Å². The Morgan fingerprint density at radius 3 is 2.85 bits per heavy atom. The normalized spacial score (nSPS) is 15.2. The molecule has 1 aliphatic heterocycles. The molecule has 2 N–H and O–H groups in total. The lowest BCUT2D eigenvalue weighted by Crippen LogP contribution is -2.46. The van der Waals surface area contributed by atoms with Gasteiger partial charge >= 0.3 is 0 Å². The Morgan fingerprint density at radius 1 is 1.40 bits per heavy atom. The van der Waals surface area contributed by atoms with Gasteiger partial charge in [0.1, 0.15) is 5.75 Å².